The third-order valence-corrected chi connectivity index (χ3v) is 2.41. The minimum Gasteiger partial charge on any atom is -0.481 e. The Morgan fingerprint density at radius 1 is 0.955 bits per heavy atom. The number of aryl methyl sites for hydroxylation is 1. The fourth-order valence-corrected chi connectivity index (χ4v) is 0.877. The average Bonchev–Trinajstić information content (AvgIpc) is 2.39. The van der Waals surface area contributed by atoms with Crippen LogP contribution in [0.1, 0.15) is 45.0 Å². The monoisotopic (exact) mass is 312 g/mol. The Hall–Kier alpha value is -1.92. The Kier molecular flexibility index (Phi) is 11.9. The summed E-state index contributed by atoms with van der Waals surface area (Å²) in [6.07, 6.45) is -0.347. The molecule has 0 heterocycles. The molecule has 0 radical (unpaired) electrons. The first kappa shape index (κ1) is 22.4. The van der Waals surface area contributed by atoms with Crippen LogP contribution < -0.4 is 11.5 Å². The van der Waals surface area contributed by atoms with Crippen LogP contribution in [0.2, 0.25) is 0 Å². The maximum atomic E-state index is 9.70. The molecule has 1 rings (SSSR count). The van der Waals surface area contributed by atoms with E-state index in [-0.39, 0.29) is 18.0 Å². The maximum Gasteiger partial charge on any atom is 0.305 e. The Balaban J connectivity index is 0. The molecule has 0 aliphatic carbocycles. The van der Waals surface area contributed by atoms with Crippen molar-refractivity contribution in [3.8, 4) is 0 Å². The molecule has 0 aliphatic rings. The molecule has 6 nitrogen and oxygen atoms in total. The average molecular weight is 312 g/mol. The molecule has 0 bridgehead atoms. The zero-order valence-electron chi connectivity index (χ0n) is 13.9. The summed E-state index contributed by atoms with van der Waals surface area (Å²) in [5.41, 5.74) is 13.1. The SMILES string of the molecule is CC(C)C(=O)O.CC(C)C(=O)O.Cc1cccc(C(N)N)c1. The largest absolute Gasteiger partial charge is 0.481 e. The summed E-state index contributed by atoms with van der Waals surface area (Å²) in [4.78, 5) is 19.4. The van der Waals surface area contributed by atoms with Crippen LogP contribution in [0.25, 0.3) is 0 Å². The van der Waals surface area contributed by atoms with Crippen LogP contribution in [-0.2, 0) is 9.59 Å². The van der Waals surface area contributed by atoms with Gasteiger partial charge in [0, 0.05) is 0 Å². The zero-order valence-corrected chi connectivity index (χ0v) is 13.9. The number of hydrogen-bond acceptors (Lipinski definition) is 4. The second kappa shape index (κ2) is 11.7. The number of carbonyl (C=O) groups is 2. The number of rotatable bonds is 3. The quantitative estimate of drug-likeness (QED) is 0.635. The van der Waals surface area contributed by atoms with E-state index in [2.05, 4.69) is 0 Å². The number of carboxylic acid groups (broad SMARTS) is 2. The number of aliphatic carboxylic acids is 2. The highest BCUT2D eigenvalue weighted by molar-refractivity contribution is 5.69. The van der Waals surface area contributed by atoms with Crippen molar-refractivity contribution in [1.82, 2.24) is 0 Å². The molecule has 0 aliphatic heterocycles. The lowest BCUT2D eigenvalue weighted by molar-refractivity contribution is -0.141. The van der Waals surface area contributed by atoms with Gasteiger partial charge in [0.15, 0.2) is 0 Å². The molecule has 0 saturated heterocycles. The Morgan fingerprint density at radius 2 is 1.32 bits per heavy atom. The molecule has 0 aromatic heterocycles. The van der Waals surface area contributed by atoms with Gasteiger partial charge in [-0.05, 0) is 12.5 Å². The topological polar surface area (TPSA) is 127 Å². The van der Waals surface area contributed by atoms with Gasteiger partial charge >= 0.3 is 11.9 Å². The van der Waals surface area contributed by atoms with E-state index in [9.17, 15) is 9.59 Å². The van der Waals surface area contributed by atoms with Crippen LogP contribution in [0.3, 0.4) is 0 Å². The first-order valence-electron chi connectivity index (χ1n) is 7.02. The second-order valence-electron chi connectivity index (χ2n) is 5.43. The normalized spacial score (nSPS) is 9.73. The molecule has 1 aromatic rings. The number of benzene rings is 1. The summed E-state index contributed by atoms with van der Waals surface area (Å²) in [5, 5.41) is 16.0. The van der Waals surface area contributed by atoms with Crippen LogP contribution in [0, 0.1) is 18.8 Å². The molecule has 0 spiro atoms. The van der Waals surface area contributed by atoms with Gasteiger partial charge in [-0.25, -0.2) is 0 Å². The summed E-state index contributed by atoms with van der Waals surface area (Å²) in [6, 6.07) is 7.89. The Labute approximate surface area is 132 Å². The van der Waals surface area contributed by atoms with Gasteiger partial charge in [0.05, 0.1) is 18.0 Å². The Bertz CT molecular complexity index is 439. The molecule has 126 valence electrons. The number of hydrogen-bond donors (Lipinski definition) is 4. The van der Waals surface area contributed by atoms with Gasteiger partial charge in [-0.3, -0.25) is 9.59 Å². The molecule has 0 atom stereocenters. The predicted molar refractivity (Wildman–Crippen MR) is 87.2 cm³/mol. The van der Waals surface area contributed by atoms with Crippen molar-refractivity contribution < 1.29 is 19.8 Å². The summed E-state index contributed by atoms with van der Waals surface area (Å²) < 4.78 is 0. The highest BCUT2D eigenvalue weighted by Gasteiger charge is 1.99. The molecule has 0 saturated carbocycles. The van der Waals surface area contributed by atoms with E-state index in [1.54, 1.807) is 27.7 Å². The van der Waals surface area contributed by atoms with Crippen molar-refractivity contribution in [2.75, 3.05) is 0 Å². The summed E-state index contributed by atoms with van der Waals surface area (Å²) in [7, 11) is 0. The first-order chi connectivity index (χ1) is 9.98. The molecular formula is C16H28N2O4. The van der Waals surface area contributed by atoms with E-state index < -0.39 is 11.9 Å². The van der Waals surface area contributed by atoms with E-state index in [1.165, 1.54) is 5.56 Å². The minimum absolute atomic E-state index is 0.231. The standard InChI is InChI=1S/C8H12N2.2C4H8O2/c1-6-3-2-4-7(5-6)8(9)10;2*1-3(2)4(5)6/h2-5,8H,9-10H2,1H3;2*3H,1-2H3,(H,5,6). The van der Waals surface area contributed by atoms with Gasteiger partial charge in [0.1, 0.15) is 0 Å². The fraction of sp³-hybridized carbons (Fsp3) is 0.500. The van der Waals surface area contributed by atoms with E-state index in [4.69, 9.17) is 21.7 Å². The molecule has 22 heavy (non-hydrogen) atoms. The van der Waals surface area contributed by atoms with E-state index in [0.717, 1.165) is 5.56 Å². The molecule has 0 unspecified atom stereocenters. The molecule has 6 heteroatoms. The highest BCUT2D eigenvalue weighted by atomic mass is 16.4. The number of nitrogens with two attached hydrogens (primary N) is 2. The van der Waals surface area contributed by atoms with Crippen LogP contribution >= 0.6 is 0 Å². The van der Waals surface area contributed by atoms with Crippen molar-refractivity contribution in [2.24, 2.45) is 23.3 Å². The molecular weight excluding hydrogens is 284 g/mol. The van der Waals surface area contributed by atoms with Crippen LogP contribution in [0.15, 0.2) is 24.3 Å². The highest BCUT2D eigenvalue weighted by Crippen LogP contribution is 2.06. The van der Waals surface area contributed by atoms with Crippen molar-refractivity contribution in [3.63, 3.8) is 0 Å². The lowest BCUT2D eigenvalue weighted by Gasteiger charge is -2.04. The van der Waals surface area contributed by atoms with E-state index in [1.807, 2.05) is 31.2 Å². The third kappa shape index (κ3) is 13.1. The van der Waals surface area contributed by atoms with Gasteiger partial charge < -0.3 is 21.7 Å². The van der Waals surface area contributed by atoms with Crippen LogP contribution in [0.4, 0.5) is 0 Å². The lowest BCUT2D eigenvalue weighted by atomic mass is 10.1. The van der Waals surface area contributed by atoms with Crippen LogP contribution in [0.5, 0.6) is 0 Å². The molecule has 0 amide bonds. The van der Waals surface area contributed by atoms with Gasteiger partial charge in [-0.15, -0.1) is 0 Å². The maximum absolute atomic E-state index is 9.70. The van der Waals surface area contributed by atoms with Crippen molar-refractivity contribution in [2.45, 2.75) is 40.8 Å². The predicted octanol–water partition coefficient (Wildman–Crippen LogP) is 2.37. The summed E-state index contributed by atoms with van der Waals surface area (Å²) in [6.45, 7) is 8.58. The summed E-state index contributed by atoms with van der Waals surface area (Å²) >= 11 is 0. The molecule has 6 N–H and O–H groups in total. The van der Waals surface area contributed by atoms with Gasteiger partial charge in [0.2, 0.25) is 0 Å². The molecule has 1 aromatic carbocycles. The van der Waals surface area contributed by atoms with Gasteiger partial charge in [-0.1, -0.05) is 57.5 Å². The minimum atomic E-state index is -0.741. The lowest BCUT2D eigenvalue weighted by Crippen LogP contribution is -2.19. The zero-order chi connectivity index (χ0) is 17.9. The second-order valence-corrected chi connectivity index (χ2v) is 5.43. The van der Waals surface area contributed by atoms with E-state index >= 15 is 0 Å². The Morgan fingerprint density at radius 3 is 1.50 bits per heavy atom. The smallest absolute Gasteiger partial charge is 0.305 e. The van der Waals surface area contributed by atoms with Crippen molar-refractivity contribution >= 4 is 11.9 Å². The summed E-state index contributed by atoms with van der Waals surface area (Å²) in [5.74, 6) is -1.94. The van der Waals surface area contributed by atoms with Gasteiger partial charge in [-0.2, -0.15) is 0 Å². The third-order valence-electron chi connectivity index (χ3n) is 2.41. The van der Waals surface area contributed by atoms with Gasteiger partial charge in [0.25, 0.3) is 0 Å². The first-order valence-corrected chi connectivity index (χ1v) is 7.02. The van der Waals surface area contributed by atoms with E-state index in [0.29, 0.717) is 0 Å². The fourth-order valence-electron chi connectivity index (χ4n) is 0.877. The molecule has 0 fully saturated rings. The van der Waals surface area contributed by atoms with Crippen LogP contribution in [-0.4, -0.2) is 22.2 Å². The van der Waals surface area contributed by atoms with Crippen molar-refractivity contribution in [1.29, 1.82) is 0 Å². The number of carboxylic acids is 2. The van der Waals surface area contributed by atoms with Crippen molar-refractivity contribution in [3.05, 3.63) is 35.4 Å².